The molecule has 4 aromatic carbocycles. The van der Waals surface area contributed by atoms with Gasteiger partial charge >= 0.3 is 0 Å². The van der Waals surface area contributed by atoms with Crippen LogP contribution in [0.25, 0.3) is 43.9 Å². The highest BCUT2D eigenvalue weighted by molar-refractivity contribution is 5.91. The maximum Gasteiger partial charge on any atom is 0.182 e. The molecule has 11 rings (SSSR count). The van der Waals surface area contributed by atoms with Crippen molar-refractivity contribution in [3.63, 3.8) is 0 Å². The van der Waals surface area contributed by atoms with Crippen LogP contribution in [-0.4, -0.2) is 116 Å². The number of H-pyrrole nitrogens is 2. The summed E-state index contributed by atoms with van der Waals surface area (Å²) in [6, 6.07) is 26.3. The SMILES string of the molecule is CCOC[C@H]1CCCN1Cc1ccc(OC[C@H]2CCCN2c2ncnc3nc[nH]c23)c2ccccc12.CCOc1ccc2cccc(OC[C@H]3CCCN3c3ncnc4nc[nH]c34)c2c1.[HH].[HH]. The molecule has 340 valence electrons. The number of likely N-dealkylation sites (tertiary alicyclic amines) is 1. The summed E-state index contributed by atoms with van der Waals surface area (Å²) in [5.74, 6) is 4.50. The number of benzene rings is 4. The van der Waals surface area contributed by atoms with Gasteiger partial charge < -0.3 is 38.7 Å². The molecule has 7 heterocycles. The molecule has 0 aliphatic carbocycles. The Morgan fingerprint density at radius 2 is 1.23 bits per heavy atom. The largest absolute Gasteiger partial charge is 0.494 e. The molecule has 0 unspecified atom stereocenters. The molecule has 3 aliphatic heterocycles. The number of hydrogen-bond acceptors (Lipinski definition) is 13. The molecule has 4 aromatic heterocycles. The Hall–Kier alpha value is -6.58. The third kappa shape index (κ3) is 9.07. The van der Waals surface area contributed by atoms with Crippen molar-refractivity contribution in [1.29, 1.82) is 0 Å². The number of aromatic amines is 2. The molecule has 3 atom stereocenters. The van der Waals surface area contributed by atoms with Crippen LogP contribution < -0.4 is 24.0 Å². The summed E-state index contributed by atoms with van der Waals surface area (Å²) in [5.41, 5.74) is 4.52. The zero-order chi connectivity index (χ0) is 44.0. The second-order valence-electron chi connectivity index (χ2n) is 17.0. The third-order valence-electron chi connectivity index (χ3n) is 13.1. The fourth-order valence-corrected chi connectivity index (χ4v) is 9.86. The molecule has 65 heavy (non-hydrogen) atoms. The Kier molecular flexibility index (Phi) is 12.8. The molecule has 0 amide bonds. The molecule has 0 bridgehead atoms. The fraction of sp³-hybridized carbons (Fsp3) is 0.400. The number of hydrogen-bond donors (Lipinski definition) is 2. The zero-order valence-electron chi connectivity index (χ0n) is 37.2. The minimum atomic E-state index is 0. The standard InChI is InChI=1S/C28H34N6O2.C22H23N5O2.2H2/c1-2-35-16-21-7-5-13-33(21)15-20-11-12-25(24-10-4-3-9-23(20)24)36-17-22-8-6-14-34(22)28-26-27(30-18-29-26)31-19-32-28;1-2-28-17-9-8-15-5-3-7-19(18(15)11-17)29-12-16-6-4-10-27(16)22-20-21(24-13-23-20)25-14-26-22;;/h3-4,9-12,18-19,21-22H,2,5-8,13-17H2,1H3,(H,29,30,31,32);3,5,7-9,11,13-14,16H,2,4,6,10,12H2,1H3,(H,23,24,25,26);2*1H/t21-,22-;16-;;/m11../s1. The van der Waals surface area contributed by atoms with Gasteiger partial charge in [0.25, 0.3) is 0 Å². The van der Waals surface area contributed by atoms with Crippen LogP contribution >= 0.6 is 0 Å². The smallest absolute Gasteiger partial charge is 0.182 e. The van der Waals surface area contributed by atoms with Crippen molar-refractivity contribution in [3.8, 4) is 17.2 Å². The Morgan fingerprint density at radius 3 is 1.91 bits per heavy atom. The lowest BCUT2D eigenvalue weighted by atomic mass is 10.0. The molecule has 3 fully saturated rings. The first kappa shape index (κ1) is 42.4. The van der Waals surface area contributed by atoms with Gasteiger partial charge in [-0.05, 0) is 99.5 Å². The molecule has 0 saturated carbocycles. The van der Waals surface area contributed by atoms with E-state index in [4.69, 9.17) is 18.9 Å². The molecular formula is C50H61N11O4. The van der Waals surface area contributed by atoms with Crippen LogP contribution in [0, 0.1) is 0 Å². The van der Waals surface area contributed by atoms with Crippen LogP contribution in [0.2, 0.25) is 0 Å². The van der Waals surface area contributed by atoms with Gasteiger partial charge in [0.05, 0.1) is 38.0 Å². The van der Waals surface area contributed by atoms with Gasteiger partial charge in [-0.3, -0.25) is 4.90 Å². The summed E-state index contributed by atoms with van der Waals surface area (Å²) in [7, 11) is 0. The van der Waals surface area contributed by atoms with Crippen molar-refractivity contribution < 1.29 is 21.8 Å². The van der Waals surface area contributed by atoms with Gasteiger partial charge in [0.1, 0.15) is 54.2 Å². The lowest BCUT2D eigenvalue weighted by Gasteiger charge is -2.27. The first-order valence-corrected chi connectivity index (χ1v) is 23.2. The number of ether oxygens (including phenoxy) is 4. The van der Waals surface area contributed by atoms with Crippen LogP contribution in [0.15, 0.2) is 98.1 Å². The van der Waals surface area contributed by atoms with E-state index in [0.717, 1.165) is 116 Å². The quantitative estimate of drug-likeness (QED) is 0.101. The number of fused-ring (bicyclic) bond motifs is 4. The number of nitrogens with zero attached hydrogens (tertiary/aromatic N) is 9. The van der Waals surface area contributed by atoms with Gasteiger partial charge in [0.15, 0.2) is 22.9 Å². The number of rotatable bonds is 15. The highest BCUT2D eigenvalue weighted by Gasteiger charge is 2.30. The second kappa shape index (κ2) is 19.7. The van der Waals surface area contributed by atoms with E-state index in [1.807, 2.05) is 25.1 Å². The Labute approximate surface area is 381 Å². The zero-order valence-corrected chi connectivity index (χ0v) is 37.2. The fourth-order valence-electron chi connectivity index (χ4n) is 9.86. The Morgan fingerprint density at radius 1 is 0.585 bits per heavy atom. The monoisotopic (exact) mass is 879 g/mol. The van der Waals surface area contributed by atoms with Crippen LogP contribution in [0.5, 0.6) is 17.2 Å². The van der Waals surface area contributed by atoms with E-state index >= 15 is 0 Å². The maximum absolute atomic E-state index is 6.50. The van der Waals surface area contributed by atoms with E-state index in [2.05, 4.69) is 116 Å². The molecule has 15 nitrogen and oxygen atoms in total. The van der Waals surface area contributed by atoms with Crippen molar-refractivity contribution in [3.05, 3.63) is 104 Å². The molecule has 0 radical (unpaired) electrons. The van der Waals surface area contributed by atoms with Gasteiger partial charge in [-0.15, -0.1) is 0 Å². The second-order valence-corrected chi connectivity index (χ2v) is 17.0. The lowest BCUT2D eigenvalue weighted by Crippen LogP contribution is -2.35. The van der Waals surface area contributed by atoms with Crippen molar-refractivity contribution in [2.75, 3.05) is 62.5 Å². The predicted molar refractivity (Wildman–Crippen MR) is 258 cm³/mol. The normalized spacial score (nSPS) is 18.8. The molecule has 3 aliphatic rings. The number of aromatic nitrogens is 8. The summed E-state index contributed by atoms with van der Waals surface area (Å²) in [6.07, 6.45) is 13.3. The highest BCUT2D eigenvalue weighted by atomic mass is 16.5. The topological polar surface area (TPSA) is 156 Å². The van der Waals surface area contributed by atoms with Gasteiger partial charge in [0.2, 0.25) is 0 Å². The summed E-state index contributed by atoms with van der Waals surface area (Å²) in [4.78, 5) is 39.7. The van der Waals surface area contributed by atoms with E-state index in [0.29, 0.717) is 37.2 Å². The molecule has 0 spiro atoms. The van der Waals surface area contributed by atoms with Crippen molar-refractivity contribution in [1.82, 2.24) is 44.8 Å². The minimum Gasteiger partial charge on any atom is -0.494 e. The van der Waals surface area contributed by atoms with Crippen molar-refractivity contribution >= 4 is 55.5 Å². The average Bonchev–Trinajstić information content (AvgIpc) is 4.21. The van der Waals surface area contributed by atoms with E-state index in [1.165, 1.54) is 29.2 Å². The average molecular weight is 880 g/mol. The van der Waals surface area contributed by atoms with Crippen LogP contribution in [0.4, 0.5) is 11.6 Å². The van der Waals surface area contributed by atoms with E-state index in [-0.39, 0.29) is 14.9 Å². The van der Waals surface area contributed by atoms with E-state index < -0.39 is 0 Å². The van der Waals surface area contributed by atoms with Crippen LogP contribution in [-0.2, 0) is 11.3 Å². The van der Waals surface area contributed by atoms with E-state index in [1.54, 1.807) is 25.3 Å². The third-order valence-corrected chi connectivity index (χ3v) is 13.1. The molecule has 8 aromatic rings. The first-order chi connectivity index (χ1) is 32.1. The lowest BCUT2D eigenvalue weighted by molar-refractivity contribution is 0.0825. The van der Waals surface area contributed by atoms with Crippen LogP contribution in [0.3, 0.4) is 0 Å². The van der Waals surface area contributed by atoms with Gasteiger partial charge in [-0.25, -0.2) is 29.9 Å². The summed E-state index contributed by atoms with van der Waals surface area (Å²) in [6.45, 7) is 11.5. The van der Waals surface area contributed by atoms with Crippen LogP contribution in [0.1, 0.15) is 60.8 Å². The van der Waals surface area contributed by atoms with Crippen molar-refractivity contribution in [2.45, 2.75) is 77.0 Å². The van der Waals surface area contributed by atoms with Gasteiger partial charge in [-0.2, -0.15) is 0 Å². The molecule has 2 N–H and O–H groups in total. The molecular weight excluding hydrogens is 819 g/mol. The highest BCUT2D eigenvalue weighted by Crippen LogP contribution is 2.35. The number of nitrogens with one attached hydrogen (secondary N) is 2. The summed E-state index contributed by atoms with van der Waals surface area (Å²) < 4.78 is 24.2. The molecule has 3 saturated heterocycles. The Bertz CT molecular complexity index is 2860. The minimum absolute atomic E-state index is 0. The predicted octanol–water partition coefficient (Wildman–Crippen LogP) is 9.00. The van der Waals surface area contributed by atoms with E-state index in [9.17, 15) is 0 Å². The maximum atomic E-state index is 6.50. The number of anilines is 2. The number of imidazole rings is 2. The summed E-state index contributed by atoms with van der Waals surface area (Å²) >= 11 is 0. The molecule has 15 heteroatoms. The first-order valence-electron chi connectivity index (χ1n) is 23.2. The van der Waals surface area contributed by atoms with Gasteiger partial charge in [-0.1, -0.05) is 48.5 Å². The Balaban J connectivity index is 0.000000180. The van der Waals surface area contributed by atoms with Crippen molar-refractivity contribution in [2.24, 2.45) is 0 Å². The van der Waals surface area contributed by atoms with Gasteiger partial charge in [0, 0.05) is 45.9 Å². The summed E-state index contributed by atoms with van der Waals surface area (Å²) in [5, 5.41) is 4.67.